The molecule has 0 aliphatic rings. The van der Waals surface area contributed by atoms with Gasteiger partial charge in [-0.1, -0.05) is 6.07 Å². The molecule has 8 heteroatoms. The Kier molecular flexibility index (Phi) is 8.67. The van der Waals surface area contributed by atoms with Crippen molar-refractivity contribution < 1.29 is 19.0 Å². The minimum atomic E-state index is -0.663. The Morgan fingerprint density at radius 2 is 1.92 bits per heavy atom. The van der Waals surface area contributed by atoms with Crippen LogP contribution in [0.15, 0.2) is 23.2 Å². The van der Waals surface area contributed by atoms with Gasteiger partial charge in [0, 0.05) is 19.6 Å². The second-order valence-corrected chi connectivity index (χ2v) is 6.69. The largest absolute Gasteiger partial charge is 0.505 e. The number of phenolic OH excluding ortho intramolecular Hbond substituents is 1. The first kappa shape index (κ1) is 21.5. The summed E-state index contributed by atoms with van der Waals surface area (Å²) in [5.74, 6) is -0.442. The molecule has 0 radical (unpaired) electrons. The van der Waals surface area contributed by atoms with Crippen molar-refractivity contribution in [2.75, 3.05) is 19.6 Å². The molecule has 26 heavy (non-hydrogen) atoms. The first-order chi connectivity index (χ1) is 12.2. The molecule has 1 rings (SSSR count). The van der Waals surface area contributed by atoms with Gasteiger partial charge in [-0.2, -0.15) is 0 Å². The van der Waals surface area contributed by atoms with E-state index in [-0.39, 0.29) is 12.3 Å². The summed E-state index contributed by atoms with van der Waals surface area (Å²) in [4.78, 5) is 15.9. The van der Waals surface area contributed by atoms with Crippen molar-refractivity contribution in [3.8, 4) is 5.75 Å². The molecule has 1 aromatic carbocycles. The van der Waals surface area contributed by atoms with E-state index in [9.17, 15) is 14.3 Å². The third-order valence-electron chi connectivity index (χ3n) is 3.09. The van der Waals surface area contributed by atoms with Crippen LogP contribution in [0.5, 0.6) is 5.75 Å². The van der Waals surface area contributed by atoms with Gasteiger partial charge in [-0.05, 0) is 51.8 Å². The van der Waals surface area contributed by atoms with Gasteiger partial charge in [0.25, 0.3) is 0 Å². The highest BCUT2D eigenvalue weighted by Gasteiger charge is 2.15. The van der Waals surface area contributed by atoms with E-state index >= 15 is 0 Å². The standard InChI is InChI=1S/C18H29FN4O3/c1-5-20-16(23-12-13-7-8-15(24)14(19)11-13)21-9-6-10-22-17(25)26-18(2,3)4/h7-8,11,24H,5-6,9-10,12H2,1-4H3,(H,22,25)(H2,20,21,23). The van der Waals surface area contributed by atoms with Gasteiger partial charge < -0.3 is 25.8 Å². The monoisotopic (exact) mass is 368 g/mol. The molecule has 4 N–H and O–H groups in total. The van der Waals surface area contributed by atoms with Crippen molar-refractivity contribution in [2.45, 2.75) is 46.3 Å². The Balaban J connectivity index is 2.38. The van der Waals surface area contributed by atoms with Crippen LogP contribution in [-0.2, 0) is 11.3 Å². The number of hydrogen-bond acceptors (Lipinski definition) is 4. The molecule has 7 nitrogen and oxygen atoms in total. The third-order valence-corrected chi connectivity index (χ3v) is 3.09. The molecular weight excluding hydrogens is 339 g/mol. The number of benzene rings is 1. The van der Waals surface area contributed by atoms with Crippen molar-refractivity contribution in [1.82, 2.24) is 16.0 Å². The number of halogens is 1. The Labute approximate surface area is 154 Å². The zero-order valence-electron chi connectivity index (χ0n) is 15.9. The Morgan fingerprint density at radius 3 is 2.54 bits per heavy atom. The summed E-state index contributed by atoms with van der Waals surface area (Å²) >= 11 is 0. The summed E-state index contributed by atoms with van der Waals surface area (Å²) in [6.07, 6.45) is 0.254. The predicted molar refractivity (Wildman–Crippen MR) is 99.7 cm³/mol. The van der Waals surface area contributed by atoms with Crippen LogP contribution in [0.3, 0.4) is 0 Å². The molecule has 0 aliphatic carbocycles. The molecule has 0 saturated heterocycles. The highest BCUT2D eigenvalue weighted by Crippen LogP contribution is 2.16. The zero-order chi connectivity index (χ0) is 19.6. The fourth-order valence-electron chi connectivity index (χ4n) is 1.96. The van der Waals surface area contributed by atoms with Gasteiger partial charge in [-0.15, -0.1) is 0 Å². The second kappa shape index (κ2) is 10.5. The van der Waals surface area contributed by atoms with Gasteiger partial charge in [0.15, 0.2) is 17.5 Å². The van der Waals surface area contributed by atoms with Gasteiger partial charge in [-0.25, -0.2) is 14.2 Å². The maximum absolute atomic E-state index is 13.3. The highest BCUT2D eigenvalue weighted by molar-refractivity contribution is 5.79. The number of nitrogens with one attached hydrogen (secondary N) is 3. The summed E-state index contributed by atoms with van der Waals surface area (Å²) in [5, 5.41) is 18.1. The molecule has 0 unspecified atom stereocenters. The van der Waals surface area contributed by atoms with E-state index in [0.717, 1.165) is 0 Å². The molecule has 1 amide bonds. The number of ether oxygens (including phenoxy) is 1. The average Bonchev–Trinajstić information content (AvgIpc) is 2.53. The third kappa shape index (κ3) is 9.10. The number of rotatable bonds is 7. The number of carbonyl (C=O) groups is 1. The highest BCUT2D eigenvalue weighted by atomic mass is 19.1. The van der Waals surface area contributed by atoms with E-state index in [1.165, 1.54) is 12.1 Å². The van der Waals surface area contributed by atoms with Crippen molar-refractivity contribution in [3.05, 3.63) is 29.6 Å². The average molecular weight is 368 g/mol. The van der Waals surface area contributed by atoms with Gasteiger partial charge in [0.05, 0.1) is 6.54 Å². The van der Waals surface area contributed by atoms with E-state index < -0.39 is 17.5 Å². The number of alkyl carbamates (subject to hydrolysis) is 1. The summed E-state index contributed by atoms with van der Waals surface area (Å²) in [7, 11) is 0. The zero-order valence-corrected chi connectivity index (χ0v) is 15.9. The summed E-state index contributed by atoms with van der Waals surface area (Å²) in [6.45, 7) is 9.43. The van der Waals surface area contributed by atoms with Gasteiger partial charge >= 0.3 is 6.09 Å². The minimum absolute atomic E-state index is 0.280. The normalized spacial score (nSPS) is 11.8. The number of amides is 1. The molecule has 0 aromatic heterocycles. The molecule has 0 heterocycles. The van der Waals surface area contributed by atoms with E-state index in [1.807, 2.05) is 27.7 Å². The lowest BCUT2D eigenvalue weighted by atomic mass is 10.2. The van der Waals surface area contributed by atoms with Crippen LogP contribution in [0.1, 0.15) is 39.7 Å². The lowest BCUT2D eigenvalue weighted by Crippen LogP contribution is -2.39. The SMILES string of the molecule is CCNC(=NCc1ccc(O)c(F)c1)NCCCNC(=O)OC(C)(C)C. The van der Waals surface area contributed by atoms with E-state index in [4.69, 9.17) is 4.74 Å². The van der Waals surface area contributed by atoms with Crippen LogP contribution >= 0.6 is 0 Å². The topological polar surface area (TPSA) is 95.0 Å². The fraction of sp³-hybridized carbons (Fsp3) is 0.556. The van der Waals surface area contributed by atoms with Crippen LogP contribution in [0, 0.1) is 5.82 Å². The van der Waals surface area contributed by atoms with Crippen molar-refractivity contribution in [3.63, 3.8) is 0 Å². The van der Waals surface area contributed by atoms with Crippen LogP contribution in [0.4, 0.5) is 9.18 Å². The van der Waals surface area contributed by atoms with Crippen LogP contribution in [0.25, 0.3) is 0 Å². The van der Waals surface area contributed by atoms with Gasteiger partial charge in [0.2, 0.25) is 0 Å². The number of aromatic hydroxyl groups is 1. The lowest BCUT2D eigenvalue weighted by molar-refractivity contribution is 0.0527. The van der Waals surface area contributed by atoms with Crippen LogP contribution in [0.2, 0.25) is 0 Å². The Hall–Kier alpha value is -2.51. The molecule has 0 atom stereocenters. The van der Waals surface area contributed by atoms with Crippen molar-refractivity contribution in [2.24, 2.45) is 4.99 Å². The Bertz CT molecular complexity index is 615. The maximum Gasteiger partial charge on any atom is 0.407 e. The molecule has 146 valence electrons. The molecule has 0 bridgehead atoms. The molecule has 0 saturated carbocycles. The number of phenols is 1. The van der Waals surface area contributed by atoms with Crippen molar-refractivity contribution in [1.29, 1.82) is 0 Å². The second-order valence-electron chi connectivity index (χ2n) is 6.69. The van der Waals surface area contributed by atoms with Crippen LogP contribution in [-0.4, -0.2) is 42.4 Å². The van der Waals surface area contributed by atoms with Gasteiger partial charge in [0.1, 0.15) is 5.60 Å². The first-order valence-electron chi connectivity index (χ1n) is 8.67. The van der Waals surface area contributed by atoms with E-state index in [2.05, 4.69) is 20.9 Å². The summed E-state index contributed by atoms with van der Waals surface area (Å²) in [6, 6.07) is 4.19. The fourth-order valence-corrected chi connectivity index (χ4v) is 1.96. The number of aliphatic imine (C=N–C) groups is 1. The van der Waals surface area contributed by atoms with Crippen molar-refractivity contribution >= 4 is 12.1 Å². The number of hydrogen-bond donors (Lipinski definition) is 4. The Morgan fingerprint density at radius 1 is 1.23 bits per heavy atom. The number of carbonyl (C=O) groups excluding carboxylic acids is 1. The number of nitrogens with zero attached hydrogens (tertiary/aromatic N) is 1. The smallest absolute Gasteiger partial charge is 0.407 e. The van der Waals surface area contributed by atoms with E-state index in [0.29, 0.717) is 37.6 Å². The van der Waals surface area contributed by atoms with Crippen LogP contribution < -0.4 is 16.0 Å². The maximum atomic E-state index is 13.3. The summed E-state index contributed by atoms with van der Waals surface area (Å²) < 4.78 is 18.5. The van der Waals surface area contributed by atoms with E-state index in [1.54, 1.807) is 6.07 Å². The predicted octanol–water partition coefficient (Wildman–Crippen LogP) is 2.50. The van der Waals surface area contributed by atoms with Gasteiger partial charge in [-0.3, -0.25) is 0 Å². The molecular formula is C18H29FN4O3. The molecule has 1 aromatic rings. The minimum Gasteiger partial charge on any atom is -0.505 e. The lowest BCUT2D eigenvalue weighted by Gasteiger charge is -2.19. The summed E-state index contributed by atoms with van der Waals surface area (Å²) in [5.41, 5.74) is 0.144. The molecule has 0 spiro atoms. The number of guanidine groups is 1. The quantitative estimate of drug-likeness (QED) is 0.337. The molecule has 0 fully saturated rings. The first-order valence-corrected chi connectivity index (χ1v) is 8.67. The molecule has 0 aliphatic heterocycles.